The first-order valence-electron chi connectivity index (χ1n) is 10.2. The number of nitrogens with zero attached hydrogens (tertiary/aromatic N) is 3. The van der Waals surface area contributed by atoms with E-state index >= 15 is 0 Å². The fourth-order valence-corrected chi connectivity index (χ4v) is 3.98. The van der Waals surface area contributed by atoms with Crippen molar-refractivity contribution >= 4 is 16.1 Å². The van der Waals surface area contributed by atoms with Crippen molar-refractivity contribution in [3.63, 3.8) is 0 Å². The molecule has 1 fully saturated rings. The summed E-state index contributed by atoms with van der Waals surface area (Å²) in [6.07, 6.45) is 3.74. The minimum atomic E-state index is -3.53. The lowest BCUT2D eigenvalue weighted by atomic mass is 10.1. The molecule has 0 amide bonds. The summed E-state index contributed by atoms with van der Waals surface area (Å²) in [5, 5.41) is 0. The topological polar surface area (TPSA) is 108 Å². The molecule has 1 unspecified atom stereocenters. The van der Waals surface area contributed by atoms with Crippen LogP contribution in [-0.4, -0.2) is 67.9 Å². The second-order valence-electron chi connectivity index (χ2n) is 7.41. The van der Waals surface area contributed by atoms with Gasteiger partial charge in [0.05, 0.1) is 10.5 Å². The van der Waals surface area contributed by atoms with Gasteiger partial charge < -0.3 is 14.2 Å². The molecule has 174 valence electrons. The maximum Gasteiger partial charge on any atom is 0.229 e. The van der Waals surface area contributed by atoms with Crippen molar-refractivity contribution in [2.24, 2.45) is 0 Å². The summed E-state index contributed by atoms with van der Waals surface area (Å²) in [5.74, 6) is -0.553. The van der Waals surface area contributed by atoms with Gasteiger partial charge in [-0.15, -0.1) is 0 Å². The second kappa shape index (κ2) is 10.3. The molecule has 0 radical (unpaired) electrons. The highest BCUT2D eigenvalue weighted by atomic mass is 32.2. The fraction of sp³-hybridized carbons (Fsp3) is 0.476. The summed E-state index contributed by atoms with van der Waals surface area (Å²) in [7, 11) is -3.53. The molecule has 1 atom stereocenters. The minimum Gasteiger partial charge on any atom is -0.474 e. The third kappa shape index (κ3) is 5.78. The molecule has 0 N–H and O–H groups in total. The molecule has 0 spiro atoms. The summed E-state index contributed by atoms with van der Waals surface area (Å²) < 4.78 is 54.5. The van der Waals surface area contributed by atoms with E-state index in [1.807, 2.05) is 11.8 Å². The Morgan fingerprint density at radius 1 is 1.25 bits per heavy atom. The van der Waals surface area contributed by atoms with E-state index in [2.05, 4.69) is 9.97 Å². The van der Waals surface area contributed by atoms with Crippen molar-refractivity contribution in [2.45, 2.75) is 43.9 Å². The monoisotopic (exact) mass is 467 g/mol. The standard InChI is InChI=1S/C21H26FN3O6S/c1-4-29-19(12-26)25-9-7-15(8-10-25)30-20-14(2)21(24-13-23-20)31-18-6-5-16(11-17(18)22)32(3,27)28/h5-6,11-13,15,19H,4,7-10H2,1-3H3. The molecule has 0 saturated carbocycles. The third-order valence-corrected chi connectivity index (χ3v) is 6.21. The molecule has 9 nitrogen and oxygen atoms in total. The van der Waals surface area contributed by atoms with Crippen LogP contribution >= 0.6 is 0 Å². The van der Waals surface area contributed by atoms with Gasteiger partial charge in [-0.1, -0.05) is 0 Å². The van der Waals surface area contributed by atoms with Crippen molar-refractivity contribution < 1.29 is 31.8 Å². The SMILES string of the molecule is CCOC(C=O)N1CCC(Oc2ncnc(Oc3ccc(S(C)(=O)=O)cc3F)c2C)CC1. The van der Waals surface area contributed by atoms with Crippen molar-refractivity contribution in [1.82, 2.24) is 14.9 Å². The molecular formula is C21H26FN3O6S. The highest BCUT2D eigenvalue weighted by Crippen LogP contribution is 2.31. The van der Waals surface area contributed by atoms with E-state index in [0.717, 1.165) is 18.6 Å². The van der Waals surface area contributed by atoms with Crippen LogP contribution in [0, 0.1) is 12.7 Å². The Morgan fingerprint density at radius 3 is 2.53 bits per heavy atom. The van der Waals surface area contributed by atoms with Gasteiger partial charge in [-0.25, -0.2) is 22.8 Å². The number of aldehydes is 1. The lowest BCUT2D eigenvalue weighted by Crippen LogP contribution is -2.46. The normalized spacial score (nSPS) is 16.5. The number of ether oxygens (including phenoxy) is 3. The van der Waals surface area contributed by atoms with E-state index in [1.54, 1.807) is 6.92 Å². The molecule has 1 aromatic heterocycles. The summed E-state index contributed by atoms with van der Waals surface area (Å²) >= 11 is 0. The van der Waals surface area contributed by atoms with Gasteiger partial charge in [-0.3, -0.25) is 9.69 Å². The molecule has 32 heavy (non-hydrogen) atoms. The number of hydrogen-bond acceptors (Lipinski definition) is 9. The van der Waals surface area contributed by atoms with Gasteiger partial charge >= 0.3 is 0 Å². The Balaban J connectivity index is 1.67. The quantitative estimate of drug-likeness (QED) is 0.514. The Labute approximate surface area is 186 Å². The molecule has 3 rings (SSSR count). The first-order chi connectivity index (χ1) is 15.2. The molecule has 1 aromatic carbocycles. The van der Waals surface area contributed by atoms with Crippen LogP contribution in [-0.2, 0) is 19.4 Å². The van der Waals surface area contributed by atoms with Crippen LogP contribution in [0.15, 0.2) is 29.4 Å². The Kier molecular flexibility index (Phi) is 7.75. The molecule has 0 aliphatic carbocycles. The number of aromatic nitrogens is 2. The Hall–Kier alpha value is -2.63. The van der Waals surface area contributed by atoms with E-state index in [0.29, 0.717) is 44.0 Å². The van der Waals surface area contributed by atoms with Gasteiger partial charge in [0.1, 0.15) is 12.4 Å². The molecule has 0 bridgehead atoms. The first-order valence-corrected chi connectivity index (χ1v) is 12.1. The highest BCUT2D eigenvalue weighted by molar-refractivity contribution is 7.90. The maximum atomic E-state index is 14.4. The van der Waals surface area contributed by atoms with Crippen LogP contribution < -0.4 is 9.47 Å². The lowest BCUT2D eigenvalue weighted by molar-refractivity contribution is -0.133. The molecule has 1 aliphatic heterocycles. The molecular weight excluding hydrogens is 441 g/mol. The van der Waals surface area contributed by atoms with E-state index in [9.17, 15) is 17.6 Å². The summed E-state index contributed by atoms with van der Waals surface area (Å²) in [4.78, 5) is 21.2. The highest BCUT2D eigenvalue weighted by Gasteiger charge is 2.27. The molecule has 1 aliphatic rings. The molecule has 11 heteroatoms. The summed E-state index contributed by atoms with van der Waals surface area (Å²) in [6, 6.07) is 3.41. The lowest BCUT2D eigenvalue weighted by Gasteiger charge is -2.34. The van der Waals surface area contributed by atoms with E-state index in [1.165, 1.54) is 18.5 Å². The molecule has 2 heterocycles. The number of likely N-dealkylation sites (tertiary alicyclic amines) is 1. The van der Waals surface area contributed by atoms with Crippen LogP contribution in [0.1, 0.15) is 25.3 Å². The van der Waals surface area contributed by atoms with Gasteiger partial charge in [0.15, 0.2) is 33.9 Å². The predicted octanol–water partition coefficient (Wildman–Crippen LogP) is 2.52. The molecule has 2 aromatic rings. The zero-order chi connectivity index (χ0) is 23.3. The van der Waals surface area contributed by atoms with Crippen molar-refractivity contribution in [2.75, 3.05) is 26.0 Å². The third-order valence-electron chi connectivity index (χ3n) is 5.10. The van der Waals surface area contributed by atoms with Gasteiger partial charge in [0, 0.05) is 26.0 Å². The number of carbonyl (C=O) groups excluding carboxylic acids is 1. The summed E-state index contributed by atoms with van der Waals surface area (Å²) in [5.41, 5.74) is 0.488. The van der Waals surface area contributed by atoms with Crippen LogP contribution in [0.3, 0.4) is 0 Å². The van der Waals surface area contributed by atoms with Crippen LogP contribution in [0.25, 0.3) is 0 Å². The van der Waals surface area contributed by atoms with E-state index in [-0.39, 0.29) is 22.6 Å². The van der Waals surface area contributed by atoms with Gasteiger partial charge in [0.2, 0.25) is 11.8 Å². The van der Waals surface area contributed by atoms with Crippen molar-refractivity contribution in [3.05, 3.63) is 35.9 Å². The minimum absolute atomic E-state index is 0.107. The number of hydrogen-bond donors (Lipinski definition) is 0. The van der Waals surface area contributed by atoms with E-state index in [4.69, 9.17) is 14.2 Å². The average Bonchev–Trinajstić information content (AvgIpc) is 2.76. The largest absolute Gasteiger partial charge is 0.474 e. The predicted molar refractivity (Wildman–Crippen MR) is 113 cm³/mol. The number of benzene rings is 1. The second-order valence-corrected chi connectivity index (χ2v) is 9.43. The fourth-order valence-electron chi connectivity index (χ4n) is 3.35. The smallest absolute Gasteiger partial charge is 0.229 e. The van der Waals surface area contributed by atoms with Crippen LogP contribution in [0.5, 0.6) is 17.5 Å². The van der Waals surface area contributed by atoms with Crippen LogP contribution in [0.2, 0.25) is 0 Å². The first kappa shape index (κ1) is 24.0. The number of piperidine rings is 1. The Morgan fingerprint density at radius 2 is 1.94 bits per heavy atom. The number of carbonyl (C=O) groups is 1. The van der Waals surface area contributed by atoms with Gasteiger partial charge in [-0.05, 0) is 44.9 Å². The summed E-state index contributed by atoms with van der Waals surface area (Å²) in [6.45, 7) is 5.27. The number of halogens is 1. The van der Waals surface area contributed by atoms with E-state index < -0.39 is 21.9 Å². The van der Waals surface area contributed by atoms with Crippen LogP contribution in [0.4, 0.5) is 4.39 Å². The Bertz CT molecular complexity index is 1060. The maximum absolute atomic E-state index is 14.4. The number of rotatable bonds is 9. The average molecular weight is 468 g/mol. The van der Waals surface area contributed by atoms with Crippen molar-refractivity contribution in [3.8, 4) is 17.5 Å². The van der Waals surface area contributed by atoms with Gasteiger partial charge in [-0.2, -0.15) is 0 Å². The van der Waals surface area contributed by atoms with Gasteiger partial charge in [0.25, 0.3) is 0 Å². The van der Waals surface area contributed by atoms with Crippen molar-refractivity contribution in [1.29, 1.82) is 0 Å². The number of sulfone groups is 1. The zero-order valence-corrected chi connectivity index (χ0v) is 19.0. The molecule has 1 saturated heterocycles. The zero-order valence-electron chi connectivity index (χ0n) is 18.2.